The van der Waals surface area contributed by atoms with Crippen LogP contribution < -0.4 is 32.5 Å². The molecule has 21 nitrogen and oxygen atoms in total. The molecule has 1 aromatic carbocycles. The van der Waals surface area contributed by atoms with Gasteiger partial charge in [0.05, 0.1) is 37.5 Å². The zero-order valence-corrected chi connectivity index (χ0v) is 41.6. The van der Waals surface area contributed by atoms with Crippen molar-refractivity contribution in [1.29, 1.82) is 0 Å². The van der Waals surface area contributed by atoms with Crippen LogP contribution in [0.25, 0.3) is 11.0 Å². The van der Waals surface area contributed by atoms with Gasteiger partial charge < -0.3 is 56.8 Å². The van der Waals surface area contributed by atoms with E-state index in [4.69, 9.17) is 16.2 Å². The fraction of sp³-hybridized carbons (Fsp3) is 0.545. The van der Waals surface area contributed by atoms with Crippen LogP contribution in [0.4, 0.5) is 21.0 Å². The number of anilines is 1. The van der Waals surface area contributed by atoms with Crippen molar-refractivity contribution in [1.82, 2.24) is 35.0 Å². The predicted octanol–water partition coefficient (Wildman–Crippen LogP) is 1.07. The number of benzene rings is 1. The molecule has 2 fully saturated rings. The summed E-state index contributed by atoms with van der Waals surface area (Å²) in [6.07, 6.45) is 7.30. The van der Waals surface area contributed by atoms with Gasteiger partial charge >= 0.3 is 12.1 Å². The number of hydrogen-bond acceptors (Lipinski definition) is 12. The van der Waals surface area contributed by atoms with E-state index in [0.29, 0.717) is 53.8 Å². The molecule has 7 amide bonds. The monoisotopic (exact) mass is 997 g/mol. The Kier molecular flexibility index (Phi) is 21.6. The van der Waals surface area contributed by atoms with Crippen LogP contribution in [-0.4, -0.2) is 148 Å². The maximum Gasteiger partial charge on any atom is 0.409 e. The first-order valence-electron chi connectivity index (χ1n) is 21.9. The quantitative estimate of drug-likeness (QED) is 0.0883. The number of amides is 7. The number of quaternary nitrogens is 1. The van der Waals surface area contributed by atoms with Gasteiger partial charge in [-0.3, -0.25) is 28.5 Å². The zero-order valence-electron chi connectivity index (χ0n) is 38.8. The summed E-state index contributed by atoms with van der Waals surface area (Å²) < 4.78 is 6.84. The van der Waals surface area contributed by atoms with Crippen molar-refractivity contribution in [3.63, 3.8) is 0 Å². The number of nitrogens with two attached hydrogens (primary N) is 2. The summed E-state index contributed by atoms with van der Waals surface area (Å²) in [5.74, 6) is -2.94. The topological polar surface area (TPSA) is 289 Å². The van der Waals surface area contributed by atoms with Crippen LogP contribution in [0.3, 0.4) is 0 Å². The normalized spacial score (nSPS) is 18.7. The Morgan fingerprint density at radius 3 is 2.30 bits per heavy atom. The number of pyridine rings is 1. The molecule has 2 aliphatic rings. The second-order valence-electron chi connectivity index (χ2n) is 17.2. The van der Waals surface area contributed by atoms with Gasteiger partial charge in [0.25, 0.3) is 5.91 Å². The molecule has 5 atom stereocenters. The van der Waals surface area contributed by atoms with E-state index < -0.39 is 65.8 Å². The van der Waals surface area contributed by atoms with E-state index in [2.05, 4.69) is 29.5 Å². The van der Waals surface area contributed by atoms with Gasteiger partial charge in [-0.1, -0.05) is 38.8 Å². The molecule has 66 heavy (non-hydrogen) atoms. The molecule has 1 saturated heterocycles. The Bertz CT molecular complexity index is 2170. The van der Waals surface area contributed by atoms with Gasteiger partial charge in [0.15, 0.2) is 11.3 Å². The van der Waals surface area contributed by atoms with E-state index in [0.717, 1.165) is 24.2 Å². The molecule has 3 aromatic rings. The van der Waals surface area contributed by atoms with Crippen molar-refractivity contribution in [2.45, 2.75) is 96.4 Å². The van der Waals surface area contributed by atoms with Crippen LogP contribution in [0.15, 0.2) is 42.7 Å². The minimum absolute atomic E-state index is 0. The Hall–Kier alpha value is -5.06. The number of fused-ring (bicyclic) bond motifs is 1. The van der Waals surface area contributed by atoms with E-state index >= 15 is 0 Å². The van der Waals surface area contributed by atoms with Crippen LogP contribution in [0.1, 0.15) is 88.1 Å². The van der Waals surface area contributed by atoms with E-state index in [-0.39, 0.29) is 77.0 Å². The smallest absolute Gasteiger partial charge is 0.409 e. The number of carbonyl (C=O) groups is 7. The number of likely N-dealkylation sites (tertiary alicyclic amines) is 1. The fourth-order valence-electron chi connectivity index (χ4n) is 8.19. The van der Waals surface area contributed by atoms with Crippen LogP contribution in [0.2, 0.25) is 0 Å². The zero-order chi connectivity index (χ0) is 48.0. The van der Waals surface area contributed by atoms with Crippen molar-refractivity contribution in [2.75, 3.05) is 59.2 Å². The maximum atomic E-state index is 13.6. The van der Waals surface area contributed by atoms with Gasteiger partial charge in [0, 0.05) is 90.4 Å². The van der Waals surface area contributed by atoms with Crippen LogP contribution >= 0.6 is 0 Å². The molecule has 10 N–H and O–H groups in total. The summed E-state index contributed by atoms with van der Waals surface area (Å²) in [6.45, 7) is 6.85. The number of hydroxylamine groups is 1. The number of hydrogen-bond donors (Lipinski definition) is 8. The number of likely N-dealkylation sites (N-methyl/N-ethyl adjacent to an activating group) is 2. The summed E-state index contributed by atoms with van der Waals surface area (Å²) in [5, 5.41) is 25.7. The number of carbonyl (C=O) groups excluding carboxylic acids is 7. The predicted molar refractivity (Wildman–Crippen MR) is 240 cm³/mol. The number of nitrogens with zero attached hydrogens (tertiary/aromatic N) is 5. The Morgan fingerprint density at radius 1 is 1.02 bits per heavy atom. The fourth-order valence-corrected chi connectivity index (χ4v) is 8.19. The van der Waals surface area contributed by atoms with Crippen molar-refractivity contribution < 1.29 is 86.2 Å². The molecule has 2 aromatic heterocycles. The molecule has 359 valence electrons. The summed E-state index contributed by atoms with van der Waals surface area (Å²) in [7, 11) is 5.08. The molecule has 1 radical (unpaired) electrons. The molecule has 0 bridgehead atoms. The average Bonchev–Trinajstić information content (AvgIpc) is 3.93. The van der Waals surface area contributed by atoms with Gasteiger partial charge in [0.1, 0.15) is 24.3 Å². The molecule has 1 aliphatic carbocycles. The van der Waals surface area contributed by atoms with Gasteiger partial charge in [-0.25, -0.2) is 14.6 Å². The first-order valence-corrected chi connectivity index (χ1v) is 21.9. The number of primary amides is 2. The summed E-state index contributed by atoms with van der Waals surface area (Å²) in [6, 6.07) is 5.68. The molecule has 1 saturated carbocycles. The van der Waals surface area contributed by atoms with Gasteiger partial charge in [-0.05, 0) is 62.8 Å². The van der Waals surface area contributed by atoms with E-state index in [9.17, 15) is 43.9 Å². The summed E-state index contributed by atoms with van der Waals surface area (Å²) >= 11 is 0. The average molecular weight is 998 g/mol. The second kappa shape index (κ2) is 25.7. The Labute approximate surface area is 410 Å². The SMILES string of the molecule is CCC.CN(CCN(C)C(=O)n1ccc2c([NH+](C)C[C@H]3CCC[C@](C)(O)C3)c(C(N)=O)cnc21)C(=O)OCc1ccc(NC(=O)CNC(=O)C2CCCN2C(=O)C(CC(N)=O)NO)cc1.[Y]. The van der Waals surface area contributed by atoms with Gasteiger partial charge in [-0.15, -0.1) is 0 Å². The first-order chi connectivity index (χ1) is 30.8. The van der Waals surface area contributed by atoms with Crippen molar-refractivity contribution in [3.05, 3.63) is 53.9 Å². The van der Waals surface area contributed by atoms with Crippen LogP contribution in [-0.2, 0) is 63.2 Å². The molecule has 3 unspecified atom stereocenters. The number of rotatable bonds is 17. The molecular weight excluding hydrogens is 931 g/mol. The Balaban J connectivity index is 0.00000281. The molecular formula is C44H66N11O10Y+. The number of nitrogens with one attached hydrogen (secondary N) is 4. The third-order valence-electron chi connectivity index (χ3n) is 11.4. The third-order valence-corrected chi connectivity index (χ3v) is 11.4. The van der Waals surface area contributed by atoms with Crippen LogP contribution in [0, 0.1) is 5.92 Å². The standard InChI is InChI=1S/C41H57N11O10.C3H8.Y/c1-41(60)14-5-7-26(20-41)23-50(4)34-28-13-16-52(36(28)44-21-29(34)35(43)55)39(58)48(2)17-18-49(3)40(59)62-24-25-9-11-27(12-10-25)46-33(54)22-45-37(56)31-8-6-15-51(31)38(57)30(47-61)19-32(42)53;1-3-2;/h9-13,16,21,26,30-31,47,60-61H,5-8,14-15,17-20,22-24H2,1-4H3,(H2,42,53)(H2,43,55)(H,45,56)(H,46,54);3H2,1-2H3;/p+1/t26-,30?,31?,41-;;/m0../s1. The minimum Gasteiger partial charge on any atom is -0.445 e. The molecule has 22 heteroatoms. The van der Waals surface area contributed by atoms with E-state index in [1.165, 1.54) is 31.9 Å². The van der Waals surface area contributed by atoms with Crippen molar-refractivity contribution in [3.8, 4) is 0 Å². The maximum absolute atomic E-state index is 13.6. The largest absolute Gasteiger partial charge is 0.445 e. The van der Waals surface area contributed by atoms with Gasteiger partial charge in [-0.2, -0.15) is 5.48 Å². The Morgan fingerprint density at radius 2 is 1.68 bits per heavy atom. The van der Waals surface area contributed by atoms with E-state index in [1.807, 2.05) is 14.0 Å². The summed E-state index contributed by atoms with van der Waals surface area (Å²) in [5.41, 5.74) is 14.3. The number of ether oxygens (including phenoxy) is 1. The molecule has 1 aliphatic heterocycles. The first kappa shape index (κ1) is 55.3. The van der Waals surface area contributed by atoms with Crippen molar-refractivity contribution in [2.24, 2.45) is 17.4 Å². The summed E-state index contributed by atoms with van der Waals surface area (Å²) in [4.78, 5) is 97.8. The van der Waals surface area contributed by atoms with Crippen LogP contribution in [0.5, 0.6) is 0 Å². The number of aromatic nitrogens is 2. The minimum atomic E-state index is -1.29. The molecule has 3 heterocycles. The number of aliphatic hydroxyl groups is 1. The van der Waals surface area contributed by atoms with E-state index in [1.54, 1.807) is 56.1 Å². The van der Waals surface area contributed by atoms with Gasteiger partial charge in [0.2, 0.25) is 23.6 Å². The molecule has 5 rings (SSSR count). The molecule has 0 spiro atoms. The second-order valence-corrected chi connectivity index (χ2v) is 17.2. The third kappa shape index (κ3) is 15.2. The van der Waals surface area contributed by atoms with Crippen molar-refractivity contribution >= 4 is 64.1 Å².